The third-order valence-corrected chi connectivity index (χ3v) is 3.19. The Balaban J connectivity index is 1.90. The summed E-state index contributed by atoms with van der Waals surface area (Å²) in [6.07, 6.45) is 9.10. The molecule has 0 aromatic rings. The third kappa shape index (κ3) is 0.744. The second kappa shape index (κ2) is 1.87. The monoisotopic (exact) mass is 136 g/mol. The molecule has 0 nitrogen and oxygen atoms in total. The van der Waals surface area contributed by atoms with Crippen LogP contribution in [-0.2, 0) is 0 Å². The van der Waals surface area contributed by atoms with Crippen molar-refractivity contribution in [3.8, 4) is 0 Å². The highest BCUT2D eigenvalue weighted by atomic mass is 14.6. The van der Waals surface area contributed by atoms with E-state index in [9.17, 15) is 0 Å². The summed E-state index contributed by atoms with van der Waals surface area (Å²) in [5, 5.41) is 0. The molecule has 2 aliphatic carbocycles. The van der Waals surface area contributed by atoms with Gasteiger partial charge in [-0.2, -0.15) is 0 Å². The summed E-state index contributed by atoms with van der Waals surface area (Å²) in [5.74, 6) is 1.99. The fraction of sp³-hybridized carbons (Fsp3) is 0.800. The minimum atomic E-state index is 0.825. The van der Waals surface area contributed by atoms with Gasteiger partial charge >= 0.3 is 0 Å². The molecule has 0 amide bonds. The van der Waals surface area contributed by atoms with Crippen LogP contribution >= 0.6 is 0 Å². The lowest BCUT2D eigenvalue weighted by molar-refractivity contribution is 0.174. The van der Waals surface area contributed by atoms with E-state index in [2.05, 4.69) is 26.0 Å². The molecular formula is C10H16. The molecule has 2 fully saturated rings. The highest BCUT2D eigenvalue weighted by molar-refractivity contribution is 5.16. The molecule has 0 aliphatic heterocycles. The smallest absolute Gasteiger partial charge is 0.0171 e. The van der Waals surface area contributed by atoms with Gasteiger partial charge in [0.2, 0.25) is 0 Å². The maximum atomic E-state index is 2.39. The summed E-state index contributed by atoms with van der Waals surface area (Å²) < 4.78 is 0. The van der Waals surface area contributed by atoms with Crippen molar-refractivity contribution in [1.29, 1.82) is 0 Å². The molecule has 2 rings (SSSR count). The lowest BCUT2D eigenvalue weighted by Crippen LogP contribution is -2.23. The Hall–Kier alpha value is -0.260. The fourth-order valence-corrected chi connectivity index (χ4v) is 2.68. The average molecular weight is 136 g/mol. The molecule has 0 radical (unpaired) electrons. The van der Waals surface area contributed by atoms with Gasteiger partial charge in [0.1, 0.15) is 0 Å². The van der Waals surface area contributed by atoms with Gasteiger partial charge in [-0.1, -0.05) is 19.1 Å². The van der Waals surface area contributed by atoms with Crippen molar-refractivity contribution in [2.75, 3.05) is 0 Å². The van der Waals surface area contributed by atoms with E-state index in [1.165, 1.54) is 19.3 Å². The van der Waals surface area contributed by atoms with Crippen LogP contribution in [0.1, 0.15) is 33.1 Å². The molecule has 1 unspecified atom stereocenters. The van der Waals surface area contributed by atoms with Gasteiger partial charge in [0.05, 0.1) is 0 Å². The van der Waals surface area contributed by atoms with Gasteiger partial charge in [-0.25, -0.2) is 0 Å². The first-order valence-electron chi connectivity index (χ1n) is 4.40. The molecule has 0 heterocycles. The minimum Gasteiger partial charge on any atom is -0.0914 e. The van der Waals surface area contributed by atoms with Gasteiger partial charge < -0.3 is 0 Å². The number of allylic oxidation sites excluding steroid dienone is 2. The average Bonchev–Trinajstić information content (AvgIpc) is 2.43. The fourth-order valence-electron chi connectivity index (χ4n) is 2.68. The summed E-state index contributed by atoms with van der Waals surface area (Å²) in [4.78, 5) is 0. The van der Waals surface area contributed by atoms with Crippen molar-refractivity contribution < 1.29 is 0 Å². The molecule has 2 aliphatic rings. The predicted molar refractivity (Wildman–Crippen MR) is 43.8 cm³/mol. The van der Waals surface area contributed by atoms with Crippen LogP contribution < -0.4 is 0 Å². The number of rotatable bonds is 1. The van der Waals surface area contributed by atoms with Gasteiger partial charge in [0.25, 0.3) is 0 Å². The van der Waals surface area contributed by atoms with Crippen LogP contribution in [0.5, 0.6) is 0 Å². The van der Waals surface area contributed by atoms with Crippen molar-refractivity contribution in [3.05, 3.63) is 12.2 Å². The van der Waals surface area contributed by atoms with E-state index in [-0.39, 0.29) is 0 Å². The topological polar surface area (TPSA) is 0 Å². The summed E-state index contributed by atoms with van der Waals surface area (Å²) >= 11 is 0. The van der Waals surface area contributed by atoms with E-state index >= 15 is 0 Å². The van der Waals surface area contributed by atoms with Crippen LogP contribution in [0.4, 0.5) is 0 Å². The zero-order valence-electron chi connectivity index (χ0n) is 6.93. The molecule has 1 spiro atoms. The summed E-state index contributed by atoms with van der Waals surface area (Å²) in [6.45, 7) is 4.50. The molecule has 10 heavy (non-hydrogen) atoms. The van der Waals surface area contributed by atoms with Gasteiger partial charge in [0, 0.05) is 0 Å². The van der Waals surface area contributed by atoms with E-state index in [4.69, 9.17) is 0 Å². The summed E-state index contributed by atoms with van der Waals surface area (Å²) in [5.41, 5.74) is 0.825. The van der Waals surface area contributed by atoms with Crippen LogP contribution in [0.3, 0.4) is 0 Å². The zero-order valence-corrected chi connectivity index (χ0v) is 6.93. The normalized spacial score (nSPS) is 51.8. The van der Waals surface area contributed by atoms with Crippen molar-refractivity contribution in [3.63, 3.8) is 0 Å². The Morgan fingerprint density at radius 3 is 2.50 bits per heavy atom. The minimum absolute atomic E-state index is 0.825. The Morgan fingerprint density at radius 2 is 2.00 bits per heavy atom. The van der Waals surface area contributed by atoms with Crippen LogP contribution in [0, 0.1) is 17.3 Å². The van der Waals surface area contributed by atoms with Crippen LogP contribution in [0.2, 0.25) is 0 Å². The zero-order chi connectivity index (χ0) is 7.19. The first-order valence-corrected chi connectivity index (χ1v) is 4.40. The summed E-state index contributed by atoms with van der Waals surface area (Å²) in [7, 11) is 0. The molecule has 56 valence electrons. The lowest BCUT2D eigenvalue weighted by Gasteiger charge is -2.34. The molecule has 0 heteroatoms. The van der Waals surface area contributed by atoms with E-state index in [0.29, 0.717) is 0 Å². The van der Waals surface area contributed by atoms with E-state index in [1.54, 1.807) is 0 Å². The number of hydrogen-bond acceptors (Lipinski definition) is 0. The Bertz CT molecular complexity index is 161. The molecule has 0 bridgehead atoms. The second-order valence-corrected chi connectivity index (χ2v) is 4.21. The largest absolute Gasteiger partial charge is 0.0914 e. The Kier molecular flexibility index (Phi) is 1.21. The second-order valence-electron chi connectivity index (χ2n) is 4.21. The highest BCUT2D eigenvalue weighted by Crippen LogP contribution is 2.67. The van der Waals surface area contributed by atoms with Crippen molar-refractivity contribution in [1.82, 2.24) is 0 Å². The van der Waals surface area contributed by atoms with E-state index < -0.39 is 0 Å². The lowest BCUT2D eigenvalue weighted by atomic mass is 9.71. The van der Waals surface area contributed by atoms with E-state index in [0.717, 1.165) is 17.3 Å². The van der Waals surface area contributed by atoms with Crippen molar-refractivity contribution in [2.24, 2.45) is 17.3 Å². The molecular weight excluding hydrogens is 120 g/mol. The standard InChI is InChI=1S/C10H16/c1-3-4-9-7-10(9)5-8(2)6-10/h3-4,8-9H,5-7H2,1-2H3. The van der Waals surface area contributed by atoms with Gasteiger partial charge in [0.15, 0.2) is 0 Å². The summed E-state index contributed by atoms with van der Waals surface area (Å²) in [6, 6.07) is 0. The Morgan fingerprint density at radius 1 is 1.30 bits per heavy atom. The molecule has 2 saturated carbocycles. The van der Waals surface area contributed by atoms with Gasteiger partial charge in [-0.15, -0.1) is 0 Å². The Labute approximate surface area is 63.3 Å². The molecule has 0 aromatic heterocycles. The third-order valence-electron chi connectivity index (χ3n) is 3.19. The van der Waals surface area contributed by atoms with Crippen molar-refractivity contribution in [2.45, 2.75) is 33.1 Å². The van der Waals surface area contributed by atoms with Crippen molar-refractivity contribution >= 4 is 0 Å². The highest BCUT2D eigenvalue weighted by Gasteiger charge is 2.58. The maximum Gasteiger partial charge on any atom is -0.0171 e. The first-order chi connectivity index (χ1) is 4.77. The van der Waals surface area contributed by atoms with Gasteiger partial charge in [-0.3, -0.25) is 0 Å². The number of hydrogen-bond donors (Lipinski definition) is 0. The van der Waals surface area contributed by atoms with Gasteiger partial charge in [-0.05, 0) is 43.4 Å². The van der Waals surface area contributed by atoms with Crippen LogP contribution in [-0.4, -0.2) is 0 Å². The maximum absolute atomic E-state index is 2.39. The molecule has 0 saturated heterocycles. The molecule has 0 N–H and O–H groups in total. The van der Waals surface area contributed by atoms with Crippen LogP contribution in [0.25, 0.3) is 0 Å². The van der Waals surface area contributed by atoms with Crippen LogP contribution in [0.15, 0.2) is 12.2 Å². The van der Waals surface area contributed by atoms with E-state index in [1.807, 2.05) is 0 Å². The SMILES string of the molecule is CC=CC1CC12CC(C)C2. The molecule has 1 atom stereocenters. The molecule has 0 aromatic carbocycles. The first kappa shape index (κ1) is 6.45. The quantitative estimate of drug-likeness (QED) is 0.486. The predicted octanol–water partition coefficient (Wildman–Crippen LogP) is 3.00.